The van der Waals surface area contributed by atoms with Crippen LogP contribution >= 0.6 is 0 Å². The molecule has 0 fully saturated rings. The molecule has 0 N–H and O–H groups in total. The van der Waals surface area contributed by atoms with Crippen molar-refractivity contribution in [3.63, 3.8) is 0 Å². The van der Waals surface area contributed by atoms with Crippen LogP contribution in [0.4, 0.5) is 0 Å². The Morgan fingerprint density at radius 3 is 2.14 bits per heavy atom. The third-order valence-electron chi connectivity index (χ3n) is 0.899. The standard InChI is InChI=1S/C6H10.C3H3NO.C2H6.W/c1-3-5-6-4-2;1-2-5-3-4-1;1-2;/h3,5H2,1-2H3;1-3H;1-2H3;. The van der Waals surface area contributed by atoms with Gasteiger partial charge in [0.2, 0.25) is 0 Å². The molecule has 0 aliphatic carbocycles. The van der Waals surface area contributed by atoms with E-state index in [1.165, 1.54) is 19.1 Å². The fourth-order valence-electron chi connectivity index (χ4n) is 0.426. The average molecular weight is 365 g/mol. The van der Waals surface area contributed by atoms with Crippen LogP contribution in [0.1, 0.15) is 40.5 Å². The van der Waals surface area contributed by atoms with E-state index in [1.54, 1.807) is 6.20 Å². The number of hydrogen-bond donors (Lipinski definition) is 0. The molecule has 0 bridgehead atoms. The Balaban J connectivity index is -0.000000139. The first-order valence-corrected chi connectivity index (χ1v) is 4.63. The van der Waals surface area contributed by atoms with Gasteiger partial charge in [0.15, 0.2) is 6.39 Å². The van der Waals surface area contributed by atoms with Crippen molar-refractivity contribution >= 4 is 0 Å². The summed E-state index contributed by atoms with van der Waals surface area (Å²) in [6, 6.07) is 0. The molecule has 2 nitrogen and oxygen atoms in total. The van der Waals surface area contributed by atoms with Crippen LogP contribution in [-0.4, -0.2) is 4.98 Å². The van der Waals surface area contributed by atoms with Gasteiger partial charge in [-0.25, -0.2) is 4.98 Å². The minimum Gasteiger partial charge on any atom is -0.452 e. The van der Waals surface area contributed by atoms with Crippen molar-refractivity contribution in [2.24, 2.45) is 0 Å². The van der Waals surface area contributed by atoms with Gasteiger partial charge in [-0.2, -0.15) is 0 Å². The van der Waals surface area contributed by atoms with Crippen molar-refractivity contribution in [1.29, 1.82) is 0 Å². The maximum atomic E-state index is 4.47. The fourth-order valence-corrected chi connectivity index (χ4v) is 0.426. The molecule has 0 aliphatic rings. The van der Waals surface area contributed by atoms with Crippen molar-refractivity contribution in [3.8, 4) is 11.8 Å². The first-order valence-electron chi connectivity index (χ1n) is 4.63. The predicted molar refractivity (Wildman–Crippen MR) is 56.2 cm³/mol. The molecule has 0 radical (unpaired) electrons. The predicted octanol–water partition coefficient (Wildman–Crippen LogP) is 3.51. The Morgan fingerprint density at radius 2 is 2.00 bits per heavy atom. The van der Waals surface area contributed by atoms with Crippen LogP contribution in [-0.2, 0) is 21.1 Å². The van der Waals surface area contributed by atoms with Crippen LogP contribution in [0.15, 0.2) is 23.3 Å². The van der Waals surface area contributed by atoms with Gasteiger partial charge in [0, 0.05) is 27.5 Å². The van der Waals surface area contributed by atoms with Crippen LogP contribution in [0.5, 0.6) is 0 Å². The first-order chi connectivity index (χ1) is 6.41. The van der Waals surface area contributed by atoms with E-state index in [0.29, 0.717) is 0 Å². The second kappa shape index (κ2) is 22.9. The molecule has 1 aromatic rings. The normalized spacial score (nSPS) is 6.00. The smallest absolute Gasteiger partial charge is 0.180 e. The van der Waals surface area contributed by atoms with Crippen molar-refractivity contribution in [3.05, 3.63) is 18.9 Å². The molecule has 1 aromatic heterocycles. The van der Waals surface area contributed by atoms with Gasteiger partial charge in [0.05, 0.1) is 6.20 Å². The Labute approximate surface area is 102 Å². The topological polar surface area (TPSA) is 26.0 Å². The van der Waals surface area contributed by atoms with Gasteiger partial charge in [-0.1, -0.05) is 20.8 Å². The Hall–Kier alpha value is -0.542. The summed E-state index contributed by atoms with van der Waals surface area (Å²) in [6.45, 7) is 8.00. The van der Waals surface area contributed by atoms with Crippen molar-refractivity contribution in [2.45, 2.75) is 40.5 Å². The minimum absolute atomic E-state index is 0. The summed E-state index contributed by atoms with van der Waals surface area (Å²) in [5.41, 5.74) is 0. The van der Waals surface area contributed by atoms with Crippen LogP contribution in [0.2, 0.25) is 0 Å². The summed E-state index contributed by atoms with van der Waals surface area (Å²) in [5, 5.41) is 0. The number of nitrogens with zero attached hydrogens (tertiary/aromatic N) is 1. The Bertz CT molecular complexity index is 182. The molecule has 0 saturated carbocycles. The Kier molecular flexibility index (Phi) is 31.2. The van der Waals surface area contributed by atoms with E-state index in [2.05, 4.69) is 28.2 Å². The van der Waals surface area contributed by atoms with Crippen molar-refractivity contribution < 1.29 is 25.5 Å². The van der Waals surface area contributed by atoms with E-state index in [0.717, 1.165) is 6.42 Å². The summed E-state index contributed by atoms with van der Waals surface area (Å²) < 4.78 is 4.47. The molecule has 0 atom stereocenters. The summed E-state index contributed by atoms with van der Waals surface area (Å²) in [5.74, 6) is 5.77. The fraction of sp³-hybridized carbons (Fsp3) is 0.545. The quantitative estimate of drug-likeness (QED) is 0.712. The molecule has 3 heteroatoms. The van der Waals surface area contributed by atoms with E-state index in [9.17, 15) is 0 Å². The molecule has 0 unspecified atom stereocenters. The van der Waals surface area contributed by atoms with Crippen LogP contribution < -0.4 is 0 Å². The van der Waals surface area contributed by atoms with Gasteiger partial charge < -0.3 is 4.42 Å². The third-order valence-corrected chi connectivity index (χ3v) is 0.899. The van der Waals surface area contributed by atoms with Gasteiger partial charge in [0.1, 0.15) is 6.26 Å². The molecule has 1 heterocycles. The summed E-state index contributed by atoms with van der Waals surface area (Å²) >= 11 is 0. The number of unbranched alkanes of at least 4 members (excludes halogenated alkanes) is 1. The van der Waals surface area contributed by atoms with Crippen molar-refractivity contribution in [2.75, 3.05) is 0 Å². The van der Waals surface area contributed by atoms with E-state index in [4.69, 9.17) is 0 Å². The van der Waals surface area contributed by atoms with Crippen LogP contribution in [0.3, 0.4) is 0 Å². The molecular formula is C11H19NOW. The van der Waals surface area contributed by atoms with Gasteiger partial charge in [-0.05, 0) is 13.3 Å². The van der Waals surface area contributed by atoms with Gasteiger partial charge >= 0.3 is 0 Å². The number of oxazole rings is 1. The van der Waals surface area contributed by atoms with E-state index < -0.39 is 0 Å². The zero-order valence-corrected chi connectivity index (χ0v) is 12.3. The van der Waals surface area contributed by atoms with Crippen LogP contribution in [0.25, 0.3) is 0 Å². The molecule has 0 spiro atoms. The largest absolute Gasteiger partial charge is 0.452 e. The molecule has 0 saturated heterocycles. The molecule has 1 rings (SSSR count). The first kappa shape index (κ1) is 19.1. The monoisotopic (exact) mass is 365 g/mol. The maximum absolute atomic E-state index is 4.47. The van der Waals surface area contributed by atoms with Crippen LogP contribution in [0, 0.1) is 11.8 Å². The maximum Gasteiger partial charge on any atom is 0.180 e. The van der Waals surface area contributed by atoms with Gasteiger partial charge in [-0.3, -0.25) is 0 Å². The molecule has 0 amide bonds. The SMILES string of the molecule is CC.CC#CCCC.[W].c1cocn1. The Morgan fingerprint density at radius 1 is 1.36 bits per heavy atom. The average Bonchev–Trinajstić information content (AvgIpc) is 2.76. The second-order valence-corrected chi connectivity index (χ2v) is 1.85. The second-order valence-electron chi connectivity index (χ2n) is 1.85. The van der Waals surface area contributed by atoms with Crippen molar-refractivity contribution in [1.82, 2.24) is 4.98 Å². The molecule has 14 heavy (non-hydrogen) atoms. The van der Waals surface area contributed by atoms with E-state index in [-0.39, 0.29) is 21.1 Å². The van der Waals surface area contributed by atoms with E-state index >= 15 is 0 Å². The summed E-state index contributed by atoms with van der Waals surface area (Å²) in [6.07, 6.45) is 6.71. The minimum atomic E-state index is 0. The summed E-state index contributed by atoms with van der Waals surface area (Å²) in [4.78, 5) is 3.56. The van der Waals surface area contributed by atoms with Gasteiger partial charge in [0.25, 0.3) is 0 Å². The third kappa shape index (κ3) is 22.5. The molecule has 0 aliphatic heterocycles. The number of aromatic nitrogens is 1. The zero-order chi connectivity index (χ0) is 10.4. The molecule has 0 aromatic carbocycles. The molecular weight excluding hydrogens is 346 g/mol. The van der Waals surface area contributed by atoms with E-state index in [1.807, 2.05) is 20.8 Å². The zero-order valence-electron chi connectivity index (χ0n) is 9.41. The number of hydrogen-bond acceptors (Lipinski definition) is 2. The van der Waals surface area contributed by atoms with Gasteiger partial charge in [-0.15, -0.1) is 11.8 Å². The summed E-state index contributed by atoms with van der Waals surface area (Å²) in [7, 11) is 0. The number of rotatable bonds is 1. The molecule has 80 valence electrons.